The summed E-state index contributed by atoms with van der Waals surface area (Å²) in [6.07, 6.45) is 5.89. The van der Waals surface area contributed by atoms with Crippen molar-refractivity contribution >= 4 is 23.2 Å². The average Bonchev–Trinajstić information content (AvgIpc) is 2.89. The topological polar surface area (TPSA) is 51.0 Å². The number of rotatable bonds is 4. The third kappa shape index (κ3) is 3.17. The maximum atomic E-state index is 13.3. The highest BCUT2D eigenvalue weighted by Gasteiger charge is 2.21. The van der Waals surface area contributed by atoms with E-state index in [2.05, 4.69) is 10.1 Å². The quantitative estimate of drug-likeness (QED) is 0.811. The molecule has 0 aliphatic carbocycles. The van der Waals surface area contributed by atoms with Crippen molar-refractivity contribution in [2.24, 2.45) is 0 Å². The molecule has 0 aliphatic heterocycles. The molecular formula is C15H16ClFN4O. The minimum atomic E-state index is -0.473. The van der Waals surface area contributed by atoms with Crippen molar-refractivity contribution < 1.29 is 9.18 Å². The number of allylic oxidation sites excluding steroid dienone is 1. The molecule has 7 heteroatoms. The lowest BCUT2D eigenvalue weighted by Gasteiger charge is -2.19. The van der Waals surface area contributed by atoms with Gasteiger partial charge in [0.1, 0.15) is 11.5 Å². The van der Waals surface area contributed by atoms with Crippen LogP contribution in [-0.2, 0) is 4.79 Å². The van der Waals surface area contributed by atoms with Crippen LogP contribution in [-0.4, -0.2) is 27.2 Å². The van der Waals surface area contributed by atoms with Crippen LogP contribution in [0, 0.1) is 5.82 Å². The van der Waals surface area contributed by atoms with Gasteiger partial charge in [-0.15, -0.1) is 0 Å². The normalized spacial score (nSPS) is 11.6. The van der Waals surface area contributed by atoms with E-state index < -0.39 is 5.82 Å². The van der Waals surface area contributed by atoms with E-state index in [4.69, 9.17) is 11.6 Å². The summed E-state index contributed by atoms with van der Waals surface area (Å²) in [5, 5.41) is 4.29. The van der Waals surface area contributed by atoms with Gasteiger partial charge in [-0.2, -0.15) is 5.10 Å². The number of carbonyl (C=O) groups excluding carboxylic acids is 1. The van der Waals surface area contributed by atoms with E-state index in [9.17, 15) is 9.18 Å². The van der Waals surface area contributed by atoms with Crippen molar-refractivity contribution in [3.05, 3.63) is 47.3 Å². The zero-order valence-corrected chi connectivity index (χ0v) is 13.3. The Bertz CT molecular complexity index is 726. The number of hydrogen-bond acceptors (Lipinski definition) is 3. The molecule has 22 heavy (non-hydrogen) atoms. The van der Waals surface area contributed by atoms with E-state index in [0.717, 1.165) is 6.20 Å². The van der Waals surface area contributed by atoms with Crippen molar-refractivity contribution in [3.8, 4) is 5.69 Å². The molecule has 0 fully saturated rings. The Morgan fingerprint density at radius 1 is 1.50 bits per heavy atom. The fourth-order valence-corrected chi connectivity index (χ4v) is 2.18. The molecule has 0 radical (unpaired) electrons. The molecule has 0 saturated carbocycles. The van der Waals surface area contributed by atoms with Gasteiger partial charge < -0.3 is 4.90 Å². The van der Waals surface area contributed by atoms with Crippen molar-refractivity contribution in [3.63, 3.8) is 0 Å². The fraction of sp³-hybridized carbons (Fsp3) is 0.267. The van der Waals surface area contributed by atoms with Crippen LogP contribution in [0.2, 0.25) is 5.15 Å². The summed E-state index contributed by atoms with van der Waals surface area (Å²) in [7, 11) is 0. The number of carbonyl (C=O) groups is 1. The highest BCUT2D eigenvalue weighted by Crippen LogP contribution is 2.27. The summed E-state index contributed by atoms with van der Waals surface area (Å²) in [6.45, 7) is 5.82. The van der Waals surface area contributed by atoms with Gasteiger partial charge >= 0.3 is 0 Å². The molecule has 2 aromatic rings. The molecule has 0 spiro atoms. The molecule has 0 aromatic carbocycles. The van der Waals surface area contributed by atoms with Crippen molar-refractivity contribution in [2.45, 2.75) is 20.8 Å². The standard InChI is InChI=1S/C15H16ClFN4O/c1-4-10(3)15(22)20(5-2)13-9-21(19-14(13)16)12-6-11(17)7-18-8-12/h4,6-9H,5H2,1-3H3/b10-4-. The van der Waals surface area contributed by atoms with Crippen LogP contribution in [0.25, 0.3) is 5.69 Å². The molecule has 116 valence electrons. The Balaban J connectivity index is 2.42. The van der Waals surface area contributed by atoms with Gasteiger partial charge in [-0.1, -0.05) is 17.7 Å². The molecule has 0 saturated heterocycles. The number of halogens is 2. The molecule has 2 aromatic heterocycles. The van der Waals surface area contributed by atoms with Crippen LogP contribution in [0.5, 0.6) is 0 Å². The van der Waals surface area contributed by atoms with Crippen LogP contribution in [0.1, 0.15) is 20.8 Å². The first kappa shape index (κ1) is 16.2. The summed E-state index contributed by atoms with van der Waals surface area (Å²) >= 11 is 6.14. The second kappa shape index (κ2) is 6.70. The summed E-state index contributed by atoms with van der Waals surface area (Å²) < 4.78 is 14.7. The monoisotopic (exact) mass is 322 g/mol. The fourth-order valence-electron chi connectivity index (χ4n) is 1.94. The van der Waals surface area contributed by atoms with E-state index in [1.165, 1.54) is 21.8 Å². The zero-order chi connectivity index (χ0) is 16.3. The van der Waals surface area contributed by atoms with Crippen LogP contribution >= 0.6 is 11.6 Å². The number of amides is 1. The first-order valence-electron chi connectivity index (χ1n) is 6.78. The highest BCUT2D eigenvalue weighted by atomic mass is 35.5. The minimum absolute atomic E-state index is 0.149. The second-order valence-electron chi connectivity index (χ2n) is 4.63. The smallest absolute Gasteiger partial charge is 0.253 e. The lowest BCUT2D eigenvalue weighted by Crippen LogP contribution is -2.31. The second-order valence-corrected chi connectivity index (χ2v) is 4.99. The van der Waals surface area contributed by atoms with Gasteiger partial charge in [0.2, 0.25) is 0 Å². The van der Waals surface area contributed by atoms with E-state index in [1.54, 1.807) is 26.1 Å². The number of anilines is 1. The Kier molecular flexibility index (Phi) is 4.92. The van der Waals surface area contributed by atoms with Crippen molar-refractivity contribution in [1.29, 1.82) is 0 Å². The Morgan fingerprint density at radius 2 is 2.23 bits per heavy atom. The molecule has 5 nitrogen and oxygen atoms in total. The van der Waals surface area contributed by atoms with E-state index >= 15 is 0 Å². The lowest BCUT2D eigenvalue weighted by molar-refractivity contribution is -0.115. The molecule has 0 atom stereocenters. The van der Waals surface area contributed by atoms with Gasteiger partial charge in [0, 0.05) is 18.2 Å². The maximum Gasteiger partial charge on any atom is 0.253 e. The first-order chi connectivity index (χ1) is 10.5. The van der Waals surface area contributed by atoms with Crippen molar-refractivity contribution in [2.75, 3.05) is 11.4 Å². The Labute approximate surface area is 133 Å². The number of likely N-dealkylation sites (N-methyl/N-ethyl adjacent to an activating group) is 1. The molecule has 0 aliphatic rings. The molecule has 0 N–H and O–H groups in total. The Morgan fingerprint density at radius 3 is 2.82 bits per heavy atom. The first-order valence-corrected chi connectivity index (χ1v) is 7.16. The van der Waals surface area contributed by atoms with Crippen molar-refractivity contribution in [1.82, 2.24) is 14.8 Å². The Hall–Kier alpha value is -2.21. The summed E-state index contributed by atoms with van der Waals surface area (Å²) in [5.41, 5.74) is 1.51. The largest absolute Gasteiger partial charge is 0.305 e. The number of pyridine rings is 1. The van der Waals surface area contributed by atoms with Crippen LogP contribution in [0.15, 0.2) is 36.3 Å². The molecule has 0 bridgehead atoms. The van der Waals surface area contributed by atoms with Gasteiger partial charge in [-0.05, 0) is 20.8 Å². The van der Waals surface area contributed by atoms with Crippen LogP contribution in [0.4, 0.5) is 10.1 Å². The molecule has 1 amide bonds. The van der Waals surface area contributed by atoms with Gasteiger partial charge in [0.15, 0.2) is 5.15 Å². The average molecular weight is 323 g/mol. The summed E-state index contributed by atoms with van der Waals surface area (Å²) in [4.78, 5) is 17.6. The maximum absolute atomic E-state index is 13.3. The minimum Gasteiger partial charge on any atom is -0.305 e. The molecule has 2 heterocycles. The summed E-state index contributed by atoms with van der Waals surface area (Å²) in [6, 6.07) is 1.29. The number of nitrogens with zero attached hydrogens (tertiary/aromatic N) is 4. The van der Waals surface area contributed by atoms with Gasteiger partial charge in [-0.25, -0.2) is 9.07 Å². The third-order valence-electron chi connectivity index (χ3n) is 3.23. The van der Waals surface area contributed by atoms with Crippen LogP contribution in [0.3, 0.4) is 0 Å². The van der Waals surface area contributed by atoms with Gasteiger partial charge in [-0.3, -0.25) is 9.78 Å². The molecule has 2 rings (SSSR count). The van der Waals surface area contributed by atoms with E-state index in [1.807, 2.05) is 6.92 Å². The predicted octanol–water partition coefficient (Wildman–Crippen LogP) is 3.38. The van der Waals surface area contributed by atoms with E-state index in [0.29, 0.717) is 23.5 Å². The molecule has 0 unspecified atom stereocenters. The van der Waals surface area contributed by atoms with E-state index in [-0.39, 0.29) is 11.1 Å². The van der Waals surface area contributed by atoms with Crippen LogP contribution < -0.4 is 4.90 Å². The SMILES string of the molecule is C/C=C(/C)C(=O)N(CC)c1cn(-c2cncc(F)c2)nc1Cl. The zero-order valence-electron chi connectivity index (χ0n) is 12.5. The van der Waals surface area contributed by atoms with Gasteiger partial charge in [0.25, 0.3) is 5.91 Å². The lowest BCUT2D eigenvalue weighted by atomic mass is 10.2. The van der Waals surface area contributed by atoms with Gasteiger partial charge in [0.05, 0.1) is 24.3 Å². The third-order valence-corrected chi connectivity index (χ3v) is 3.50. The molecular weight excluding hydrogens is 307 g/mol. The highest BCUT2D eigenvalue weighted by molar-refractivity contribution is 6.32. The summed E-state index contributed by atoms with van der Waals surface area (Å²) in [5.74, 6) is -0.623. The predicted molar refractivity (Wildman–Crippen MR) is 83.8 cm³/mol. The number of hydrogen-bond donors (Lipinski definition) is 0. The number of aromatic nitrogens is 3.